The van der Waals surface area contributed by atoms with E-state index in [1.54, 1.807) is 0 Å². The molecule has 0 radical (unpaired) electrons. The van der Waals surface area contributed by atoms with Gasteiger partial charge in [0.05, 0.1) is 13.2 Å². The maximum Gasteiger partial charge on any atom is 0.193 e. The maximum absolute atomic E-state index is 5.78. The number of guanidine groups is 1. The molecule has 0 aliphatic rings. The Bertz CT molecular complexity index is 459. The molecule has 1 rings (SSSR count). The van der Waals surface area contributed by atoms with Crippen molar-refractivity contribution in [2.75, 3.05) is 33.8 Å². The number of hydrogen-bond acceptors (Lipinski definition) is 2. The average molecular weight is 317 g/mol. The summed E-state index contributed by atoms with van der Waals surface area (Å²) in [4.78, 5) is 6.49. The molecule has 0 amide bonds. The van der Waals surface area contributed by atoms with Gasteiger partial charge in [-0.3, -0.25) is 4.99 Å². The summed E-state index contributed by atoms with van der Waals surface area (Å²) in [7, 11) is 3.89. The zero-order valence-electron chi connectivity index (χ0n) is 14.8. The van der Waals surface area contributed by atoms with Crippen molar-refractivity contribution in [2.24, 2.45) is 10.9 Å². The fourth-order valence-corrected chi connectivity index (χ4v) is 2.24. The van der Waals surface area contributed by atoms with Gasteiger partial charge in [-0.25, -0.2) is 0 Å². The third-order valence-corrected chi connectivity index (χ3v) is 3.60. The van der Waals surface area contributed by atoms with Gasteiger partial charge in [0, 0.05) is 27.2 Å². The Morgan fingerprint density at radius 2 is 2.13 bits per heavy atom. The fraction of sp³-hybridized carbons (Fsp3) is 0.526. The molecule has 0 heterocycles. The first-order chi connectivity index (χ1) is 11.2. The van der Waals surface area contributed by atoms with Gasteiger partial charge in [-0.1, -0.05) is 43.3 Å². The molecule has 128 valence electrons. The second kappa shape index (κ2) is 11.7. The molecule has 0 aliphatic heterocycles. The highest BCUT2D eigenvalue weighted by atomic mass is 16.5. The van der Waals surface area contributed by atoms with Crippen molar-refractivity contribution in [3.63, 3.8) is 0 Å². The van der Waals surface area contributed by atoms with Crippen LogP contribution in [0.3, 0.4) is 0 Å². The highest BCUT2D eigenvalue weighted by Crippen LogP contribution is 2.03. The molecule has 0 aromatic heterocycles. The Labute approximate surface area is 141 Å². The van der Waals surface area contributed by atoms with Gasteiger partial charge >= 0.3 is 0 Å². The van der Waals surface area contributed by atoms with E-state index < -0.39 is 0 Å². The standard InChI is InChI=1S/C19H31N3O/c1-5-6-10-13-22(4)19(20-3)21-14-17(2)15-23-16-18-11-8-7-9-12-18/h5,7-9,11-12,17H,1,6,10,13-16H2,2-4H3,(H,20,21). The molecule has 1 N–H and O–H groups in total. The van der Waals surface area contributed by atoms with Crippen molar-refractivity contribution >= 4 is 5.96 Å². The number of unbranched alkanes of at least 4 members (excludes halogenated alkanes) is 1. The quantitative estimate of drug-likeness (QED) is 0.311. The Balaban J connectivity index is 2.22. The Hall–Kier alpha value is -1.81. The van der Waals surface area contributed by atoms with E-state index in [2.05, 4.69) is 47.9 Å². The Morgan fingerprint density at radius 3 is 2.78 bits per heavy atom. The van der Waals surface area contributed by atoms with Gasteiger partial charge in [-0.15, -0.1) is 6.58 Å². The van der Waals surface area contributed by atoms with Crippen LogP contribution in [0, 0.1) is 5.92 Å². The van der Waals surface area contributed by atoms with Crippen LogP contribution in [-0.4, -0.2) is 44.7 Å². The summed E-state index contributed by atoms with van der Waals surface area (Å²) in [6, 6.07) is 10.3. The van der Waals surface area contributed by atoms with E-state index in [4.69, 9.17) is 4.74 Å². The molecule has 0 saturated heterocycles. The van der Waals surface area contributed by atoms with Crippen LogP contribution in [0.25, 0.3) is 0 Å². The number of aliphatic imine (C=N–C) groups is 1. The van der Waals surface area contributed by atoms with E-state index in [1.165, 1.54) is 5.56 Å². The average Bonchev–Trinajstić information content (AvgIpc) is 2.56. The van der Waals surface area contributed by atoms with Gasteiger partial charge in [0.15, 0.2) is 5.96 Å². The summed E-state index contributed by atoms with van der Waals surface area (Å²) in [5.74, 6) is 1.36. The molecule has 0 spiro atoms. The van der Waals surface area contributed by atoms with Crippen LogP contribution < -0.4 is 5.32 Å². The molecular formula is C19H31N3O. The number of rotatable bonds is 10. The van der Waals surface area contributed by atoms with Crippen molar-refractivity contribution in [2.45, 2.75) is 26.4 Å². The topological polar surface area (TPSA) is 36.9 Å². The zero-order chi connectivity index (χ0) is 16.9. The minimum atomic E-state index is 0.428. The molecular weight excluding hydrogens is 286 g/mol. The summed E-state index contributed by atoms with van der Waals surface area (Å²) >= 11 is 0. The van der Waals surface area contributed by atoms with Gasteiger partial charge in [0.25, 0.3) is 0 Å². The van der Waals surface area contributed by atoms with Gasteiger partial charge in [-0.05, 0) is 24.3 Å². The van der Waals surface area contributed by atoms with Crippen LogP contribution in [0.5, 0.6) is 0 Å². The molecule has 1 aromatic carbocycles. The van der Waals surface area contributed by atoms with Crippen LogP contribution in [0.15, 0.2) is 48.0 Å². The summed E-state index contributed by atoms with van der Waals surface area (Å²) in [6.07, 6.45) is 4.08. The zero-order valence-corrected chi connectivity index (χ0v) is 14.8. The van der Waals surface area contributed by atoms with Crippen molar-refractivity contribution in [1.29, 1.82) is 0 Å². The molecule has 23 heavy (non-hydrogen) atoms. The third kappa shape index (κ3) is 8.41. The first-order valence-corrected chi connectivity index (χ1v) is 8.31. The summed E-state index contributed by atoms with van der Waals surface area (Å²) < 4.78 is 5.78. The summed E-state index contributed by atoms with van der Waals surface area (Å²) in [5.41, 5.74) is 1.21. The minimum Gasteiger partial charge on any atom is -0.376 e. The SMILES string of the molecule is C=CCCCN(C)C(=NC)NCC(C)COCc1ccccc1. The lowest BCUT2D eigenvalue weighted by Gasteiger charge is -2.23. The molecule has 1 aromatic rings. The molecule has 1 atom stereocenters. The van der Waals surface area contributed by atoms with Crippen molar-refractivity contribution in [3.8, 4) is 0 Å². The molecule has 4 nitrogen and oxygen atoms in total. The molecule has 0 saturated carbocycles. The van der Waals surface area contributed by atoms with Crippen molar-refractivity contribution in [1.82, 2.24) is 10.2 Å². The number of hydrogen-bond donors (Lipinski definition) is 1. The van der Waals surface area contributed by atoms with E-state index >= 15 is 0 Å². The highest BCUT2D eigenvalue weighted by Gasteiger charge is 2.08. The molecule has 1 unspecified atom stereocenters. The Morgan fingerprint density at radius 1 is 1.39 bits per heavy atom. The lowest BCUT2D eigenvalue weighted by Crippen LogP contribution is -2.41. The van der Waals surface area contributed by atoms with Gasteiger partial charge < -0.3 is 15.0 Å². The highest BCUT2D eigenvalue weighted by molar-refractivity contribution is 5.79. The predicted molar refractivity (Wildman–Crippen MR) is 98.7 cm³/mol. The van der Waals surface area contributed by atoms with Crippen molar-refractivity contribution in [3.05, 3.63) is 48.6 Å². The maximum atomic E-state index is 5.78. The summed E-state index contributed by atoms with van der Waals surface area (Å²) in [6.45, 7) is 9.17. The smallest absolute Gasteiger partial charge is 0.193 e. The van der Waals surface area contributed by atoms with Crippen molar-refractivity contribution < 1.29 is 4.74 Å². The lowest BCUT2D eigenvalue weighted by molar-refractivity contribution is 0.0929. The van der Waals surface area contributed by atoms with Gasteiger partial charge in [0.1, 0.15) is 0 Å². The first-order valence-electron chi connectivity index (χ1n) is 8.31. The largest absolute Gasteiger partial charge is 0.376 e. The van der Waals surface area contributed by atoms with Crippen LogP contribution >= 0.6 is 0 Å². The molecule has 0 aliphatic carbocycles. The van der Waals surface area contributed by atoms with Crippen LogP contribution in [0.4, 0.5) is 0 Å². The molecule has 0 fully saturated rings. The number of benzene rings is 1. The second-order valence-electron chi connectivity index (χ2n) is 5.89. The number of allylic oxidation sites excluding steroid dienone is 1. The Kier molecular flexibility index (Phi) is 9.80. The third-order valence-electron chi connectivity index (χ3n) is 3.60. The van der Waals surface area contributed by atoms with E-state index in [1.807, 2.05) is 31.3 Å². The van der Waals surface area contributed by atoms with Gasteiger partial charge in [0.2, 0.25) is 0 Å². The lowest BCUT2D eigenvalue weighted by atomic mass is 10.2. The summed E-state index contributed by atoms with van der Waals surface area (Å²) in [5, 5.41) is 3.41. The second-order valence-corrected chi connectivity index (χ2v) is 5.89. The van der Waals surface area contributed by atoms with E-state index in [0.717, 1.165) is 38.5 Å². The fourth-order valence-electron chi connectivity index (χ4n) is 2.24. The first kappa shape index (κ1) is 19.2. The van der Waals surface area contributed by atoms with E-state index in [9.17, 15) is 0 Å². The predicted octanol–water partition coefficient (Wildman–Crippen LogP) is 3.31. The minimum absolute atomic E-state index is 0.428. The number of nitrogens with one attached hydrogen (secondary N) is 1. The van der Waals surface area contributed by atoms with E-state index in [-0.39, 0.29) is 0 Å². The van der Waals surface area contributed by atoms with E-state index in [0.29, 0.717) is 12.5 Å². The van der Waals surface area contributed by atoms with Crippen LogP contribution in [-0.2, 0) is 11.3 Å². The monoisotopic (exact) mass is 317 g/mol. The molecule has 0 bridgehead atoms. The van der Waals surface area contributed by atoms with Gasteiger partial charge in [-0.2, -0.15) is 0 Å². The number of ether oxygens (including phenoxy) is 1. The molecule has 4 heteroatoms. The normalized spacial score (nSPS) is 12.7. The van der Waals surface area contributed by atoms with Crippen LogP contribution in [0.2, 0.25) is 0 Å². The van der Waals surface area contributed by atoms with Crippen LogP contribution in [0.1, 0.15) is 25.3 Å². The number of nitrogens with zero attached hydrogens (tertiary/aromatic N) is 2.